The molecule has 1 atom stereocenters. The van der Waals surface area contributed by atoms with Crippen molar-refractivity contribution in [2.45, 2.75) is 26.3 Å². The predicted molar refractivity (Wildman–Crippen MR) is 90.2 cm³/mol. The first-order valence-electron chi connectivity index (χ1n) is 7.96. The van der Waals surface area contributed by atoms with Gasteiger partial charge in [-0.3, -0.25) is 4.79 Å². The number of aryl methyl sites for hydroxylation is 1. The minimum Gasteiger partial charge on any atom is -0.454 e. The zero-order valence-electron chi connectivity index (χ0n) is 13.7. The Morgan fingerprint density at radius 2 is 2.00 bits per heavy atom. The van der Waals surface area contributed by atoms with E-state index in [1.54, 1.807) is 11.9 Å². The second kappa shape index (κ2) is 5.67. The third-order valence-corrected chi connectivity index (χ3v) is 4.37. The van der Waals surface area contributed by atoms with Crippen LogP contribution < -0.4 is 9.47 Å². The Hall–Kier alpha value is -2.82. The molecule has 2 aromatic rings. The fourth-order valence-corrected chi connectivity index (χ4v) is 3.19. The minimum atomic E-state index is -0.0668. The molecule has 0 unspecified atom stereocenters. The maximum absolute atomic E-state index is 12.1. The van der Waals surface area contributed by atoms with Crippen LogP contribution in [0.5, 0.6) is 11.5 Å². The lowest BCUT2D eigenvalue weighted by Crippen LogP contribution is -2.24. The number of hydrogen-bond acceptors (Lipinski definition) is 4. The van der Waals surface area contributed by atoms with E-state index in [9.17, 15) is 4.79 Å². The lowest BCUT2D eigenvalue weighted by molar-refractivity contribution is -0.130. The van der Waals surface area contributed by atoms with Crippen LogP contribution in [0, 0.1) is 6.92 Å². The second-order valence-electron chi connectivity index (χ2n) is 6.11. The molecule has 5 heteroatoms. The molecular formula is C19H18N2O3. The van der Waals surface area contributed by atoms with Gasteiger partial charge in [0.25, 0.3) is 0 Å². The van der Waals surface area contributed by atoms with E-state index in [-0.39, 0.29) is 18.7 Å². The first-order chi connectivity index (χ1) is 11.6. The number of hydrogen-bond donors (Lipinski definition) is 0. The fraction of sp³-hybridized carbons (Fsp3) is 0.263. The van der Waals surface area contributed by atoms with Gasteiger partial charge in [-0.25, -0.2) is 5.01 Å². The van der Waals surface area contributed by atoms with Crippen molar-refractivity contribution in [3.05, 3.63) is 59.2 Å². The molecule has 4 rings (SSSR count). The summed E-state index contributed by atoms with van der Waals surface area (Å²) in [5, 5.41) is 6.15. The Morgan fingerprint density at radius 3 is 2.79 bits per heavy atom. The number of benzene rings is 2. The Morgan fingerprint density at radius 1 is 1.17 bits per heavy atom. The molecule has 0 saturated heterocycles. The van der Waals surface area contributed by atoms with E-state index in [1.807, 2.05) is 30.3 Å². The SMILES string of the molecule is CC(=O)N1N=C(c2ccc3c(c2)OCO3)C[C@H]1c1cccc(C)c1. The summed E-state index contributed by atoms with van der Waals surface area (Å²) < 4.78 is 10.8. The zero-order valence-corrected chi connectivity index (χ0v) is 13.7. The van der Waals surface area contributed by atoms with Crippen LogP contribution in [0.1, 0.15) is 36.1 Å². The van der Waals surface area contributed by atoms with E-state index in [0.29, 0.717) is 6.42 Å². The van der Waals surface area contributed by atoms with E-state index in [2.05, 4.69) is 24.2 Å². The fourth-order valence-electron chi connectivity index (χ4n) is 3.19. The van der Waals surface area contributed by atoms with Crippen LogP contribution in [0.25, 0.3) is 0 Å². The van der Waals surface area contributed by atoms with Crippen LogP contribution in [0.4, 0.5) is 0 Å². The van der Waals surface area contributed by atoms with Crippen molar-refractivity contribution in [2.75, 3.05) is 6.79 Å². The average Bonchev–Trinajstić information content (AvgIpc) is 3.21. The molecule has 2 aliphatic heterocycles. The van der Waals surface area contributed by atoms with Gasteiger partial charge in [-0.05, 0) is 30.7 Å². The summed E-state index contributed by atoms with van der Waals surface area (Å²) in [5.41, 5.74) is 4.12. The predicted octanol–water partition coefficient (Wildman–Crippen LogP) is 3.42. The molecule has 0 N–H and O–H groups in total. The number of ether oxygens (including phenoxy) is 2. The van der Waals surface area contributed by atoms with Gasteiger partial charge in [0.2, 0.25) is 12.7 Å². The molecular weight excluding hydrogens is 304 g/mol. The molecule has 24 heavy (non-hydrogen) atoms. The van der Waals surface area contributed by atoms with Gasteiger partial charge in [0.15, 0.2) is 11.5 Å². The van der Waals surface area contributed by atoms with Crippen molar-refractivity contribution in [1.29, 1.82) is 0 Å². The van der Waals surface area contributed by atoms with Crippen LogP contribution in [0.15, 0.2) is 47.6 Å². The first kappa shape index (κ1) is 14.8. The Bertz CT molecular complexity index is 844. The molecule has 0 aromatic heterocycles. The lowest BCUT2D eigenvalue weighted by atomic mass is 9.97. The maximum atomic E-state index is 12.1. The summed E-state index contributed by atoms with van der Waals surface area (Å²) in [6.45, 7) is 3.85. The summed E-state index contributed by atoms with van der Waals surface area (Å²) in [4.78, 5) is 12.1. The molecule has 0 bridgehead atoms. The van der Waals surface area contributed by atoms with E-state index >= 15 is 0 Å². The Kier molecular flexibility index (Phi) is 3.49. The molecule has 122 valence electrons. The zero-order chi connectivity index (χ0) is 16.7. The minimum absolute atomic E-state index is 0.0581. The third kappa shape index (κ3) is 2.52. The number of nitrogens with zero attached hydrogens (tertiary/aromatic N) is 2. The topological polar surface area (TPSA) is 51.1 Å². The van der Waals surface area contributed by atoms with Crippen molar-refractivity contribution in [1.82, 2.24) is 5.01 Å². The molecule has 0 saturated carbocycles. The summed E-state index contributed by atoms with van der Waals surface area (Å²) in [5.74, 6) is 1.41. The number of carbonyl (C=O) groups excluding carboxylic acids is 1. The van der Waals surface area contributed by atoms with Gasteiger partial charge in [-0.15, -0.1) is 0 Å². The lowest BCUT2D eigenvalue weighted by Gasteiger charge is -2.20. The summed E-state index contributed by atoms with van der Waals surface area (Å²) in [6.07, 6.45) is 0.683. The van der Waals surface area contributed by atoms with Crippen LogP contribution >= 0.6 is 0 Å². The van der Waals surface area contributed by atoms with Crippen molar-refractivity contribution < 1.29 is 14.3 Å². The van der Waals surface area contributed by atoms with E-state index in [4.69, 9.17) is 9.47 Å². The summed E-state index contributed by atoms with van der Waals surface area (Å²) in [6, 6.07) is 13.9. The third-order valence-electron chi connectivity index (χ3n) is 4.37. The first-order valence-corrected chi connectivity index (χ1v) is 7.96. The Balaban J connectivity index is 1.68. The van der Waals surface area contributed by atoms with Gasteiger partial charge in [0.05, 0.1) is 11.8 Å². The maximum Gasteiger partial charge on any atom is 0.240 e. The van der Waals surface area contributed by atoms with Gasteiger partial charge in [-0.2, -0.15) is 5.10 Å². The van der Waals surface area contributed by atoms with Crippen LogP contribution in [-0.4, -0.2) is 23.4 Å². The molecule has 5 nitrogen and oxygen atoms in total. The number of fused-ring (bicyclic) bond motifs is 1. The van der Waals surface area contributed by atoms with Crippen molar-refractivity contribution in [2.24, 2.45) is 5.10 Å². The van der Waals surface area contributed by atoms with Gasteiger partial charge < -0.3 is 9.47 Å². The van der Waals surface area contributed by atoms with E-state index in [0.717, 1.165) is 28.3 Å². The molecule has 0 aliphatic carbocycles. The molecule has 0 radical (unpaired) electrons. The molecule has 1 amide bonds. The van der Waals surface area contributed by atoms with Gasteiger partial charge >= 0.3 is 0 Å². The highest BCUT2D eigenvalue weighted by molar-refractivity contribution is 6.03. The van der Waals surface area contributed by atoms with Gasteiger partial charge in [0, 0.05) is 18.9 Å². The molecule has 2 aromatic carbocycles. The smallest absolute Gasteiger partial charge is 0.240 e. The van der Waals surface area contributed by atoms with Gasteiger partial charge in [0.1, 0.15) is 0 Å². The quantitative estimate of drug-likeness (QED) is 0.851. The number of amides is 1. The largest absolute Gasteiger partial charge is 0.454 e. The average molecular weight is 322 g/mol. The second-order valence-corrected chi connectivity index (χ2v) is 6.11. The number of rotatable bonds is 2. The van der Waals surface area contributed by atoms with Crippen molar-refractivity contribution in [3.8, 4) is 11.5 Å². The highest BCUT2D eigenvalue weighted by atomic mass is 16.7. The molecule has 2 heterocycles. The van der Waals surface area contributed by atoms with E-state index in [1.165, 1.54) is 5.56 Å². The summed E-state index contributed by atoms with van der Waals surface area (Å²) in [7, 11) is 0. The highest BCUT2D eigenvalue weighted by Gasteiger charge is 2.32. The van der Waals surface area contributed by atoms with E-state index < -0.39 is 0 Å². The normalized spacial score (nSPS) is 18.7. The van der Waals surface area contributed by atoms with Crippen molar-refractivity contribution >= 4 is 11.6 Å². The Labute approximate surface area is 140 Å². The van der Waals surface area contributed by atoms with Crippen LogP contribution in [-0.2, 0) is 4.79 Å². The molecule has 0 fully saturated rings. The number of carbonyl (C=O) groups is 1. The number of hydrazone groups is 1. The standard InChI is InChI=1S/C19H18N2O3/c1-12-4-3-5-15(8-12)17-10-16(20-21(17)13(2)22)14-6-7-18-19(9-14)24-11-23-18/h3-9,17H,10-11H2,1-2H3/t17-/m0/s1. The molecule has 0 spiro atoms. The molecule has 2 aliphatic rings. The monoisotopic (exact) mass is 322 g/mol. The van der Waals surface area contributed by atoms with Crippen LogP contribution in [0.2, 0.25) is 0 Å². The summed E-state index contributed by atoms with van der Waals surface area (Å²) >= 11 is 0. The highest BCUT2D eigenvalue weighted by Crippen LogP contribution is 2.37. The van der Waals surface area contributed by atoms with Crippen molar-refractivity contribution in [3.63, 3.8) is 0 Å². The van der Waals surface area contributed by atoms with Crippen LogP contribution in [0.3, 0.4) is 0 Å². The van der Waals surface area contributed by atoms with Gasteiger partial charge in [-0.1, -0.05) is 29.8 Å².